The van der Waals surface area contributed by atoms with Gasteiger partial charge < -0.3 is 13.7 Å². The van der Waals surface area contributed by atoms with Crippen LogP contribution >= 0.6 is 0 Å². The fraction of sp³-hybridized carbons (Fsp3) is 0.364. The molecule has 134 valence electrons. The van der Waals surface area contributed by atoms with E-state index in [4.69, 9.17) is 13.7 Å². The van der Waals surface area contributed by atoms with Gasteiger partial charge in [0.05, 0.1) is 17.5 Å². The van der Waals surface area contributed by atoms with Crippen molar-refractivity contribution in [2.24, 2.45) is 0 Å². The predicted molar refractivity (Wildman–Crippen MR) is 105 cm³/mol. The SMILES string of the molecule is CC1(C)OB([C@H](Cc2ccc3occc3c2)c2ccccc2)OC1(C)C. The molecule has 0 unspecified atom stereocenters. The molecule has 4 heteroatoms. The van der Waals surface area contributed by atoms with Crippen LogP contribution in [0.1, 0.15) is 44.6 Å². The second kappa shape index (κ2) is 6.29. The van der Waals surface area contributed by atoms with E-state index in [2.05, 4.69) is 64.1 Å². The minimum atomic E-state index is -0.334. The first-order valence-electron chi connectivity index (χ1n) is 9.22. The van der Waals surface area contributed by atoms with E-state index in [0.29, 0.717) is 0 Å². The maximum Gasteiger partial charge on any atom is 0.466 e. The number of furan rings is 1. The highest BCUT2D eigenvalue weighted by molar-refractivity contribution is 6.47. The zero-order valence-corrected chi connectivity index (χ0v) is 15.9. The van der Waals surface area contributed by atoms with Crippen LogP contribution in [-0.4, -0.2) is 18.3 Å². The molecule has 0 saturated carbocycles. The molecule has 1 saturated heterocycles. The Balaban J connectivity index is 1.68. The highest BCUT2D eigenvalue weighted by atomic mass is 16.7. The van der Waals surface area contributed by atoms with Crippen molar-refractivity contribution in [3.63, 3.8) is 0 Å². The molecule has 3 nitrogen and oxygen atoms in total. The largest absolute Gasteiger partial charge is 0.466 e. The molecule has 0 radical (unpaired) electrons. The molecule has 3 aromatic rings. The number of hydrogen-bond acceptors (Lipinski definition) is 3. The summed E-state index contributed by atoms with van der Waals surface area (Å²) in [6.07, 6.45) is 2.58. The summed E-state index contributed by atoms with van der Waals surface area (Å²) >= 11 is 0. The molecule has 2 aromatic carbocycles. The second-order valence-corrected chi connectivity index (χ2v) is 8.14. The highest BCUT2D eigenvalue weighted by Crippen LogP contribution is 2.41. The van der Waals surface area contributed by atoms with Gasteiger partial charge in [0.1, 0.15) is 5.58 Å². The van der Waals surface area contributed by atoms with E-state index in [1.807, 2.05) is 18.2 Å². The Bertz CT molecular complexity index is 882. The minimum Gasteiger partial charge on any atom is -0.464 e. The summed E-state index contributed by atoms with van der Waals surface area (Å²) in [5.41, 5.74) is 2.74. The van der Waals surface area contributed by atoms with Crippen LogP contribution in [0, 0.1) is 0 Å². The maximum atomic E-state index is 6.38. The summed E-state index contributed by atoms with van der Waals surface area (Å²) in [7, 11) is -0.276. The standard InChI is InChI=1S/C22H25BO3/c1-21(2)22(3,4)26-23(25-21)19(17-8-6-5-7-9-17)15-16-10-11-20-18(14-16)12-13-24-20/h5-14,19H,15H2,1-4H3/t19-/m1/s1. The Kier molecular flexibility index (Phi) is 4.21. The fourth-order valence-corrected chi connectivity index (χ4v) is 3.52. The third-order valence-corrected chi connectivity index (χ3v) is 5.80. The zero-order chi connectivity index (χ0) is 18.4. The van der Waals surface area contributed by atoms with Gasteiger partial charge in [-0.2, -0.15) is 0 Å². The normalized spacial score (nSPS) is 19.8. The number of rotatable bonds is 4. The minimum absolute atomic E-state index is 0.126. The molecule has 4 rings (SSSR count). The lowest BCUT2D eigenvalue weighted by Crippen LogP contribution is -2.41. The van der Waals surface area contributed by atoms with Crippen LogP contribution in [0.2, 0.25) is 0 Å². The molecule has 0 aliphatic carbocycles. The number of hydrogen-bond donors (Lipinski definition) is 0. The average molecular weight is 348 g/mol. The van der Waals surface area contributed by atoms with Gasteiger partial charge in [0, 0.05) is 11.2 Å². The van der Waals surface area contributed by atoms with Gasteiger partial charge in [0.15, 0.2) is 0 Å². The average Bonchev–Trinajstić information content (AvgIpc) is 3.14. The van der Waals surface area contributed by atoms with Gasteiger partial charge in [0.2, 0.25) is 0 Å². The van der Waals surface area contributed by atoms with Crippen molar-refractivity contribution in [3.05, 3.63) is 72.0 Å². The van der Waals surface area contributed by atoms with E-state index in [-0.39, 0.29) is 24.1 Å². The summed E-state index contributed by atoms with van der Waals surface area (Å²) in [4.78, 5) is 0. The number of fused-ring (bicyclic) bond motifs is 1. The summed E-state index contributed by atoms with van der Waals surface area (Å²) in [5, 5.41) is 1.13. The first-order chi connectivity index (χ1) is 12.4. The zero-order valence-electron chi connectivity index (χ0n) is 15.9. The van der Waals surface area contributed by atoms with Gasteiger partial charge in [-0.3, -0.25) is 0 Å². The van der Waals surface area contributed by atoms with Crippen LogP contribution in [0.5, 0.6) is 0 Å². The lowest BCUT2D eigenvalue weighted by atomic mass is 9.65. The lowest BCUT2D eigenvalue weighted by molar-refractivity contribution is 0.00578. The van der Waals surface area contributed by atoms with Gasteiger partial charge in [-0.1, -0.05) is 36.4 Å². The van der Waals surface area contributed by atoms with E-state index in [1.165, 1.54) is 11.1 Å². The Morgan fingerprint density at radius 3 is 2.27 bits per heavy atom. The van der Waals surface area contributed by atoms with Gasteiger partial charge in [0.25, 0.3) is 0 Å². The summed E-state index contributed by atoms with van der Waals surface area (Å²) in [6.45, 7) is 8.42. The van der Waals surface area contributed by atoms with E-state index in [1.54, 1.807) is 6.26 Å². The van der Waals surface area contributed by atoms with E-state index in [9.17, 15) is 0 Å². The molecule has 0 amide bonds. The van der Waals surface area contributed by atoms with Crippen LogP contribution in [-0.2, 0) is 15.7 Å². The van der Waals surface area contributed by atoms with Crippen molar-refractivity contribution < 1.29 is 13.7 Å². The monoisotopic (exact) mass is 348 g/mol. The maximum absolute atomic E-state index is 6.38. The van der Waals surface area contributed by atoms with E-state index < -0.39 is 0 Å². The second-order valence-electron chi connectivity index (χ2n) is 8.14. The third kappa shape index (κ3) is 3.08. The third-order valence-electron chi connectivity index (χ3n) is 5.80. The van der Waals surface area contributed by atoms with Gasteiger partial charge in [-0.15, -0.1) is 0 Å². The molecular formula is C22H25BO3. The predicted octanol–water partition coefficient (Wildman–Crippen LogP) is 5.39. The van der Waals surface area contributed by atoms with Crippen molar-refractivity contribution in [1.29, 1.82) is 0 Å². The summed E-state index contributed by atoms with van der Waals surface area (Å²) < 4.78 is 18.2. The van der Waals surface area contributed by atoms with Crippen LogP contribution < -0.4 is 0 Å². The molecule has 1 fully saturated rings. The van der Waals surface area contributed by atoms with Crippen molar-refractivity contribution >= 4 is 18.1 Å². The Morgan fingerprint density at radius 2 is 1.58 bits per heavy atom. The van der Waals surface area contributed by atoms with Gasteiger partial charge in [-0.25, -0.2) is 0 Å². The van der Waals surface area contributed by atoms with Crippen molar-refractivity contribution in [2.45, 2.75) is 51.1 Å². The van der Waals surface area contributed by atoms with Crippen LogP contribution in [0.15, 0.2) is 65.3 Å². The molecule has 0 N–H and O–H groups in total. The van der Waals surface area contributed by atoms with E-state index in [0.717, 1.165) is 17.4 Å². The van der Waals surface area contributed by atoms with Crippen molar-refractivity contribution in [3.8, 4) is 0 Å². The van der Waals surface area contributed by atoms with E-state index >= 15 is 0 Å². The quantitative estimate of drug-likeness (QED) is 0.593. The Hall–Kier alpha value is -2.04. The first-order valence-corrected chi connectivity index (χ1v) is 9.22. The smallest absolute Gasteiger partial charge is 0.464 e. The Labute approximate surface area is 155 Å². The first kappa shape index (κ1) is 17.4. The molecule has 26 heavy (non-hydrogen) atoms. The summed E-state index contributed by atoms with van der Waals surface area (Å²) in [5.74, 6) is 0.126. The highest BCUT2D eigenvalue weighted by Gasteiger charge is 2.53. The molecule has 1 atom stereocenters. The van der Waals surface area contributed by atoms with Crippen LogP contribution in [0.25, 0.3) is 11.0 Å². The molecule has 1 aliphatic rings. The lowest BCUT2D eigenvalue weighted by Gasteiger charge is -2.32. The van der Waals surface area contributed by atoms with Crippen molar-refractivity contribution in [2.75, 3.05) is 0 Å². The molecule has 0 bridgehead atoms. The van der Waals surface area contributed by atoms with Crippen LogP contribution in [0.4, 0.5) is 0 Å². The van der Waals surface area contributed by atoms with Gasteiger partial charge in [-0.05, 0) is 63.4 Å². The molecule has 2 heterocycles. The number of benzene rings is 2. The van der Waals surface area contributed by atoms with Crippen molar-refractivity contribution in [1.82, 2.24) is 0 Å². The fourth-order valence-electron chi connectivity index (χ4n) is 3.52. The molecule has 1 aliphatic heterocycles. The molecular weight excluding hydrogens is 323 g/mol. The summed E-state index contributed by atoms with van der Waals surface area (Å²) in [6, 6.07) is 18.9. The van der Waals surface area contributed by atoms with Crippen LogP contribution in [0.3, 0.4) is 0 Å². The Morgan fingerprint density at radius 1 is 0.885 bits per heavy atom. The molecule has 0 spiro atoms. The van der Waals surface area contributed by atoms with Gasteiger partial charge >= 0.3 is 7.12 Å². The topological polar surface area (TPSA) is 31.6 Å². The molecule has 1 aromatic heterocycles.